The molecule has 0 aromatic carbocycles. The van der Waals surface area contributed by atoms with Crippen molar-refractivity contribution in [2.45, 2.75) is 26.3 Å². The van der Waals surface area contributed by atoms with E-state index in [9.17, 15) is 0 Å². The van der Waals surface area contributed by atoms with Crippen LogP contribution >= 0.6 is 0 Å². The number of nitrogens with zero attached hydrogens (tertiary/aromatic N) is 3. The van der Waals surface area contributed by atoms with Crippen LogP contribution in [0.2, 0.25) is 0 Å². The number of aryl methyl sites for hydroxylation is 1. The Morgan fingerprint density at radius 1 is 1.62 bits per heavy atom. The highest BCUT2D eigenvalue weighted by Crippen LogP contribution is 2.06. The summed E-state index contributed by atoms with van der Waals surface area (Å²) in [6.07, 6.45) is 2.73. The van der Waals surface area contributed by atoms with E-state index in [0.717, 1.165) is 12.1 Å². The summed E-state index contributed by atoms with van der Waals surface area (Å²) in [5.41, 5.74) is 3.75. The molecule has 1 atom stereocenters. The van der Waals surface area contributed by atoms with Crippen LogP contribution in [0.5, 0.6) is 0 Å². The molecule has 1 aromatic heterocycles. The van der Waals surface area contributed by atoms with Gasteiger partial charge in [-0.2, -0.15) is 0 Å². The highest BCUT2D eigenvalue weighted by Gasteiger charge is 2.13. The smallest absolute Gasteiger partial charge is 0.0843 e. The molecular weight excluding hydrogens is 166 g/mol. The van der Waals surface area contributed by atoms with Gasteiger partial charge in [0, 0.05) is 25.7 Å². The molecule has 74 valence electrons. The average molecular weight is 183 g/mol. The first-order valence-electron chi connectivity index (χ1n) is 4.44. The Morgan fingerprint density at radius 2 is 2.31 bits per heavy atom. The zero-order valence-electron chi connectivity index (χ0n) is 8.36. The van der Waals surface area contributed by atoms with Crippen LogP contribution in [0.15, 0.2) is 6.20 Å². The van der Waals surface area contributed by atoms with Crippen LogP contribution in [0, 0.1) is 5.92 Å². The average Bonchev–Trinajstić information content (AvgIpc) is 2.46. The minimum atomic E-state index is 0.261. The molecule has 0 fully saturated rings. The standard InChI is InChI=1S/C8H17N5/c1-6(2)8(10-9)4-7-5-13(3)12-11-7/h5-6,8,10H,4,9H2,1-3H3. The van der Waals surface area contributed by atoms with Gasteiger partial charge in [0.2, 0.25) is 0 Å². The quantitative estimate of drug-likeness (QED) is 0.503. The Balaban J connectivity index is 2.56. The van der Waals surface area contributed by atoms with Gasteiger partial charge in [0.05, 0.1) is 5.69 Å². The summed E-state index contributed by atoms with van der Waals surface area (Å²) in [6.45, 7) is 4.25. The molecule has 5 nitrogen and oxygen atoms in total. The van der Waals surface area contributed by atoms with Crippen LogP contribution in [0.1, 0.15) is 19.5 Å². The minimum Gasteiger partial charge on any atom is -0.271 e. The summed E-state index contributed by atoms with van der Waals surface area (Å²) in [5.74, 6) is 5.92. The first kappa shape index (κ1) is 10.1. The zero-order chi connectivity index (χ0) is 9.84. The van der Waals surface area contributed by atoms with Gasteiger partial charge in [0.15, 0.2) is 0 Å². The topological polar surface area (TPSA) is 68.8 Å². The Kier molecular flexibility index (Phi) is 3.39. The number of hydrogen-bond donors (Lipinski definition) is 2. The number of hydrazine groups is 1. The van der Waals surface area contributed by atoms with Crippen molar-refractivity contribution in [3.05, 3.63) is 11.9 Å². The lowest BCUT2D eigenvalue weighted by Gasteiger charge is -2.17. The number of aromatic nitrogens is 3. The van der Waals surface area contributed by atoms with Crippen molar-refractivity contribution in [3.8, 4) is 0 Å². The molecule has 1 rings (SSSR count). The van der Waals surface area contributed by atoms with E-state index in [-0.39, 0.29) is 6.04 Å². The molecule has 1 heterocycles. The first-order valence-corrected chi connectivity index (χ1v) is 4.44. The third-order valence-corrected chi connectivity index (χ3v) is 2.10. The third kappa shape index (κ3) is 2.78. The monoisotopic (exact) mass is 183 g/mol. The van der Waals surface area contributed by atoms with Crippen molar-refractivity contribution < 1.29 is 0 Å². The van der Waals surface area contributed by atoms with Gasteiger partial charge in [-0.25, -0.2) is 0 Å². The van der Waals surface area contributed by atoms with Crippen molar-refractivity contribution in [2.75, 3.05) is 0 Å². The van der Waals surface area contributed by atoms with Gasteiger partial charge >= 0.3 is 0 Å². The van der Waals surface area contributed by atoms with Crippen LogP contribution in [0.4, 0.5) is 0 Å². The largest absolute Gasteiger partial charge is 0.271 e. The van der Waals surface area contributed by atoms with Gasteiger partial charge in [-0.1, -0.05) is 19.1 Å². The lowest BCUT2D eigenvalue weighted by atomic mass is 10.0. The third-order valence-electron chi connectivity index (χ3n) is 2.10. The Bertz CT molecular complexity index is 255. The Hall–Kier alpha value is -0.940. The number of nitrogens with one attached hydrogen (secondary N) is 1. The first-order chi connectivity index (χ1) is 6.13. The molecule has 0 aliphatic heterocycles. The lowest BCUT2D eigenvalue weighted by Crippen LogP contribution is -2.40. The summed E-state index contributed by atoms with van der Waals surface area (Å²) >= 11 is 0. The predicted octanol–water partition coefficient (Wildman–Crippen LogP) is -0.154. The maximum absolute atomic E-state index is 5.42. The predicted molar refractivity (Wildman–Crippen MR) is 50.7 cm³/mol. The highest BCUT2D eigenvalue weighted by molar-refractivity contribution is 4.95. The summed E-state index contributed by atoms with van der Waals surface area (Å²) in [4.78, 5) is 0. The molecule has 0 spiro atoms. The molecule has 0 saturated carbocycles. The zero-order valence-corrected chi connectivity index (χ0v) is 8.36. The van der Waals surface area contributed by atoms with E-state index in [2.05, 4.69) is 29.6 Å². The summed E-state index contributed by atoms with van der Waals surface area (Å²) in [5, 5.41) is 7.86. The molecule has 0 amide bonds. The fraction of sp³-hybridized carbons (Fsp3) is 0.750. The molecule has 0 radical (unpaired) electrons. The van der Waals surface area contributed by atoms with Crippen molar-refractivity contribution in [1.82, 2.24) is 20.4 Å². The van der Waals surface area contributed by atoms with Crippen molar-refractivity contribution in [3.63, 3.8) is 0 Å². The van der Waals surface area contributed by atoms with E-state index in [1.165, 1.54) is 0 Å². The molecular formula is C8H17N5. The van der Waals surface area contributed by atoms with E-state index in [0.29, 0.717) is 5.92 Å². The van der Waals surface area contributed by atoms with E-state index >= 15 is 0 Å². The Labute approximate surface area is 78.3 Å². The second-order valence-electron chi connectivity index (χ2n) is 3.60. The minimum absolute atomic E-state index is 0.261. The fourth-order valence-corrected chi connectivity index (χ4v) is 1.20. The lowest BCUT2D eigenvalue weighted by molar-refractivity contribution is 0.401. The Morgan fingerprint density at radius 3 is 2.69 bits per heavy atom. The van der Waals surface area contributed by atoms with Gasteiger partial charge < -0.3 is 0 Å². The van der Waals surface area contributed by atoms with Crippen molar-refractivity contribution in [2.24, 2.45) is 18.8 Å². The van der Waals surface area contributed by atoms with E-state index in [1.807, 2.05) is 13.2 Å². The molecule has 0 bridgehead atoms. The maximum Gasteiger partial charge on any atom is 0.0843 e. The molecule has 0 aliphatic rings. The second kappa shape index (κ2) is 4.34. The van der Waals surface area contributed by atoms with Gasteiger partial charge in [-0.3, -0.25) is 16.0 Å². The summed E-state index contributed by atoms with van der Waals surface area (Å²) in [7, 11) is 1.86. The normalized spacial score (nSPS) is 13.6. The molecule has 3 N–H and O–H groups in total. The summed E-state index contributed by atoms with van der Waals surface area (Å²) < 4.78 is 1.70. The molecule has 0 aliphatic carbocycles. The van der Waals surface area contributed by atoms with Crippen LogP contribution in [0.25, 0.3) is 0 Å². The van der Waals surface area contributed by atoms with E-state index in [4.69, 9.17) is 5.84 Å². The van der Waals surface area contributed by atoms with Crippen molar-refractivity contribution >= 4 is 0 Å². The summed E-state index contributed by atoms with van der Waals surface area (Å²) in [6, 6.07) is 0.261. The van der Waals surface area contributed by atoms with Crippen molar-refractivity contribution in [1.29, 1.82) is 0 Å². The number of rotatable bonds is 4. The molecule has 1 aromatic rings. The number of nitrogens with two attached hydrogens (primary N) is 1. The van der Waals surface area contributed by atoms with Gasteiger partial charge in [-0.15, -0.1) is 5.10 Å². The fourth-order valence-electron chi connectivity index (χ4n) is 1.20. The second-order valence-corrected chi connectivity index (χ2v) is 3.60. The van der Waals surface area contributed by atoms with Crippen LogP contribution in [-0.2, 0) is 13.5 Å². The maximum atomic E-state index is 5.42. The van der Waals surface area contributed by atoms with Crippen LogP contribution in [-0.4, -0.2) is 21.0 Å². The molecule has 1 unspecified atom stereocenters. The highest BCUT2D eigenvalue weighted by atomic mass is 15.4. The van der Waals surface area contributed by atoms with Crippen LogP contribution in [0.3, 0.4) is 0 Å². The van der Waals surface area contributed by atoms with E-state index < -0.39 is 0 Å². The van der Waals surface area contributed by atoms with Gasteiger partial charge in [-0.05, 0) is 5.92 Å². The van der Waals surface area contributed by atoms with Crippen LogP contribution < -0.4 is 11.3 Å². The molecule has 0 saturated heterocycles. The number of hydrogen-bond acceptors (Lipinski definition) is 4. The van der Waals surface area contributed by atoms with Gasteiger partial charge in [0.25, 0.3) is 0 Å². The molecule has 5 heteroatoms. The van der Waals surface area contributed by atoms with E-state index in [1.54, 1.807) is 4.68 Å². The van der Waals surface area contributed by atoms with Gasteiger partial charge in [0.1, 0.15) is 0 Å². The molecule has 13 heavy (non-hydrogen) atoms. The SMILES string of the molecule is CC(C)C(Cc1cn(C)nn1)NN.